The van der Waals surface area contributed by atoms with E-state index in [9.17, 15) is 22.8 Å². The maximum Gasteiger partial charge on any atom is 0.330 e. The molecule has 1 aliphatic heterocycles. The quantitative estimate of drug-likeness (QED) is 0.743. The maximum absolute atomic E-state index is 12.3. The SMILES string of the molecule is O=C(N[C@@H]1CCS(=O)(=O)C1)c1cnc2c(c1)c(=O)[nH]c(=O)n2C1CC1. The highest BCUT2D eigenvalue weighted by Gasteiger charge is 2.30. The van der Waals surface area contributed by atoms with E-state index in [0.717, 1.165) is 12.8 Å². The van der Waals surface area contributed by atoms with Gasteiger partial charge in [0.1, 0.15) is 5.65 Å². The summed E-state index contributed by atoms with van der Waals surface area (Å²) in [4.78, 5) is 42.8. The third kappa shape index (κ3) is 2.97. The number of aromatic nitrogens is 3. The van der Waals surface area contributed by atoms with Crippen LogP contribution in [0.15, 0.2) is 21.9 Å². The molecule has 0 bridgehead atoms. The van der Waals surface area contributed by atoms with E-state index >= 15 is 0 Å². The molecule has 10 heteroatoms. The lowest BCUT2D eigenvalue weighted by molar-refractivity contribution is 0.0941. The van der Waals surface area contributed by atoms with E-state index in [1.807, 2.05) is 0 Å². The van der Waals surface area contributed by atoms with Gasteiger partial charge in [0, 0.05) is 18.3 Å². The number of fused-ring (bicyclic) bond motifs is 1. The Kier molecular flexibility index (Phi) is 3.53. The molecule has 2 N–H and O–H groups in total. The van der Waals surface area contributed by atoms with Crippen LogP contribution in [0.3, 0.4) is 0 Å². The monoisotopic (exact) mass is 364 g/mol. The van der Waals surface area contributed by atoms with Crippen LogP contribution in [-0.4, -0.2) is 46.4 Å². The van der Waals surface area contributed by atoms with E-state index < -0.39 is 33.0 Å². The second kappa shape index (κ2) is 5.51. The van der Waals surface area contributed by atoms with Gasteiger partial charge in [0.25, 0.3) is 11.5 Å². The first-order valence-electron chi connectivity index (χ1n) is 8.00. The predicted molar refractivity (Wildman–Crippen MR) is 89.4 cm³/mol. The molecule has 132 valence electrons. The molecule has 0 aromatic carbocycles. The van der Waals surface area contributed by atoms with Crippen LogP contribution in [0.25, 0.3) is 11.0 Å². The first-order chi connectivity index (χ1) is 11.8. The number of rotatable bonds is 3. The van der Waals surface area contributed by atoms with Crippen LogP contribution in [0.4, 0.5) is 0 Å². The molecule has 0 radical (unpaired) electrons. The molecule has 2 fully saturated rings. The second-order valence-electron chi connectivity index (χ2n) is 6.53. The van der Waals surface area contributed by atoms with Gasteiger partial charge >= 0.3 is 5.69 Å². The predicted octanol–water partition coefficient (Wildman–Crippen LogP) is -0.663. The number of hydrogen-bond donors (Lipinski definition) is 2. The molecule has 1 aliphatic carbocycles. The Labute approximate surface area is 142 Å². The maximum atomic E-state index is 12.3. The Morgan fingerprint density at radius 2 is 2.04 bits per heavy atom. The van der Waals surface area contributed by atoms with Crippen molar-refractivity contribution in [3.63, 3.8) is 0 Å². The van der Waals surface area contributed by atoms with Gasteiger partial charge in [-0.1, -0.05) is 0 Å². The Morgan fingerprint density at radius 3 is 2.68 bits per heavy atom. The summed E-state index contributed by atoms with van der Waals surface area (Å²) in [5.74, 6) is -0.511. The van der Waals surface area contributed by atoms with Crippen molar-refractivity contribution in [1.82, 2.24) is 19.9 Å². The smallest absolute Gasteiger partial charge is 0.330 e. The Hall–Kier alpha value is -2.49. The highest BCUT2D eigenvalue weighted by molar-refractivity contribution is 7.91. The number of H-pyrrole nitrogens is 1. The summed E-state index contributed by atoms with van der Waals surface area (Å²) < 4.78 is 24.4. The minimum absolute atomic E-state index is 0.0303. The normalized spacial score (nSPS) is 22.2. The number of aromatic amines is 1. The topological polar surface area (TPSA) is 131 Å². The Balaban J connectivity index is 1.68. The number of nitrogens with one attached hydrogen (secondary N) is 2. The number of carbonyl (C=O) groups excluding carboxylic acids is 1. The zero-order valence-electron chi connectivity index (χ0n) is 13.2. The third-order valence-electron chi connectivity index (χ3n) is 4.52. The zero-order chi connectivity index (χ0) is 17.8. The van der Waals surface area contributed by atoms with Crippen LogP contribution < -0.4 is 16.6 Å². The van der Waals surface area contributed by atoms with Crippen LogP contribution in [0.5, 0.6) is 0 Å². The fourth-order valence-corrected chi connectivity index (χ4v) is 4.78. The first-order valence-corrected chi connectivity index (χ1v) is 9.82. The van der Waals surface area contributed by atoms with Crippen LogP contribution in [0, 0.1) is 0 Å². The van der Waals surface area contributed by atoms with E-state index in [2.05, 4.69) is 15.3 Å². The lowest BCUT2D eigenvalue weighted by Crippen LogP contribution is -2.36. The minimum atomic E-state index is -3.10. The molecule has 2 aromatic rings. The molecule has 1 saturated heterocycles. The van der Waals surface area contributed by atoms with Gasteiger partial charge in [-0.05, 0) is 25.3 Å². The van der Waals surface area contributed by atoms with Crippen molar-refractivity contribution in [2.45, 2.75) is 31.3 Å². The summed E-state index contributed by atoms with van der Waals surface area (Å²) in [6.07, 6.45) is 3.37. The number of sulfone groups is 1. The molecule has 2 aliphatic rings. The fourth-order valence-electron chi connectivity index (χ4n) is 3.11. The molecular weight excluding hydrogens is 348 g/mol. The van der Waals surface area contributed by atoms with Crippen molar-refractivity contribution in [2.24, 2.45) is 0 Å². The van der Waals surface area contributed by atoms with Gasteiger partial charge in [0.2, 0.25) is 0 Å². The van der Waals surface area contributed by atoms with Crippen molar-refractivity contribution < 1.29 is 13.2 Å². The van der Waals surface area contributed by atoms with E-state index in [4.69, 9.17) is 0 Å². The fraction of sp³-hybridized carbons (Fsp3) is 0.467. The molecule has 25 heavy (non-hydrogen) atoms. The molecule has 0 unspecified atom stereocenters. The van der Waals surface area contributed by atoms with Gasteiger partial charge in [0.15, 0.2) is 9.84 Å². The second-order valence-corrected chi connectivity index (χ2v) is 8.76. The molecule has 1 atom stereocenters. The van der Waals surface area contributed by atoms with Crippen LogP contribution >= 0.6 is 0 Å². The van der Waals surface area contributed by atoms with E-state index in [-0.39, 0.29) is 34.1 Å². The number of hydrogen-bond acceptors (Lipinski definition) is 6. The van der Waals surface area contributed by atoms with Crippen molar-refractivity contribution >= 4 is 26.8 Å². The lowest BCUT2D eigenvalue weighted by atomic mass is 10.2. The molecule has 2 aromatic heterocycles. The zero-order valence-corrected chi connectivity index (χ0v) is 14.0. The lowest BCUT2D eigenvalue weighted by Gasteiger charge is -2.12. The van der Waals surface area contributed by atoms with Crippen molar-refractivity contribution in [3.05, 3.63) is 38.7 Å². The molecule has 9 nitrogen and oxygen atoms in total. The van der Waals surface area contributed by atoms with Gasteiger partial charge in [-0.3, -0.25) is 19.1 Å². The number of carbonyl (C=O) groups is 1. The third-order valence-corrected chi connectivity index (χ3v) is 6.29. The van der Waals surface area contributed by atoms with Crippen molar-refractivity contribution in [1.29, 1.82) is 0 Å². The average molecular weight is 364 g/mol. The average Bonchev–Trinajstić information content (AvgIpc) is 3.31. The van der Waals surface area contributed by atoms with Crippen LogP contribution in [-0.2, 0) is 9.84 Å². The van der Waals surface area contributed by atoms with Crippen molar-refractivity contribution in [2.75, 3.05) is 11.5 Å². The van der Waals surface area contributed by atoms with Crippen LogP contribution in [0.2, 0.25) is 0 Å². The summed E-state index contributed by atoms with van der Waals surface area (Å²) in [6, 6.07) is 0.979. The highest BCUT2D eigenvalue weighted by Crippen LogP contribution is 2.34. The summed E-state index contributed by atoms with van der Waals surface area (Å²) in [6.45, 7) is 0. The number of amides is 1. The number of pyridine rings is 1. The molecule has 1 amide bonds. The molecule has 1 saturated carbocycles. The number of nitrogens with zero attached hydrogens (tertiary/aromatic N) is 2. The van der Waals surface area contributed by atoms with Gasteiger partial charge in [-0.25, -0.2) is 18.2 Å². The van der Waals surface area contributed by atoms with Gasteiger partial charge in [-0.15, -0.1) is 0 Å². The molecule has 3 heterocycles. The molecule has 0 spiro atoms. The minimum Gasteiger partial charge on any atom is -0.348 e. The van der Waals surface area contributed by atoms with Crippen LogP contribution in [0.1, 0.15) is 35.7 Å². The van der Waals surface area contributed by atoms with E-state index in [1.165, 1.54) is 16.8 Å². The van der Waals surface area contributed by atoms with Gasteiger partial charge < -0.3 is 5.32 Å². The Morgan fingerprint density at radius 1 is 1.28 bits per heavy atom. The molecular formula is C15H16N4O5S. The van der Waals surface area contributed by atoms with Gasteiger partial charge in [-0.2, -0.15) is 0 Å². The van der Waals surface area contributed by atoms with E-state index in [0.29, 0.717) is 6.42 Å². The highest BCUT2D eigenvalue weighted by atomic mass is 32.2. The van der Waals surface area contributed by atoms with Gasteiger partial charge in [0.05, 0.1) is 22.5 Å². The standard InChI is InChI=1S/C15H16N4O5S/c20-13(17-9-3-4-25(23,24)7-9)8-5-11-12(16-6-8)19(10-1-2-10)15(22)18-14(11)21/h5-6,9-10H,1-4,7H2,(H,17,20)(H,18,21,22)/t9-/m1/s1. The summed E-state index contributed by atoms with van der Waals surface area (Å²) in [5.41, 5.74) is -0.678. The largest absolute Gasteiger partial charge is 0.348 e. The summed E-state index contributed by atoms with van der Waals surface area (Å²) >= 11 is 0. The summed E-state index contributed by atoms with van der Waals surface area (Å²) in [5, 5.41) is 2.82. The summed E-state index contributed by atoms with van der Waals surface area (Å²) in [7, 11) is -3.10. The van der Waals surface area contributed by atoms with Crippen molar-refractivity contribution in [3.8, 4) is 0 Å². The van der Waals surface area contributed by atoms with E-state index in [1.54, 1.807) is 0 Å². The molecule has 4 rings (SSSR count). The first kappa shape index (κ1) is 16.0. The Bertz CT molecular complexity index is 1100.